The van der Waals surface area contributed by atoms with E-state index in [1.807, 2.05) is 0 Å². The summed E-state index contributed by atoms with van der Waals surface area (Å²) < 4.78 is 56.5. The molecule has 3 atom stereocenters. The van der Waals surface area contributed by atoms with Crippen LogP contribution in [0.1, 0.15) is 42.0 Å². The molecule has 2 aromatic carbocycles. The van der Waals surface area contributed by atoms with Crippen molar-refractivity contribution in [3.63, 3.8) is 0 Å². The maximum Gasteiger partial charge on any atom is 0.419 e. The molecule has 1 heterocycles. The van der Waals surface area contributed by atoms with Crippen molar-refractivity contribution in [3.05, 3.63) is 69.3 Å². The Morgan fingerprint density at radius 2 is 1.94 bits per heavy atom. The van der Waals surface area contributed by atoms with Crippen molar-refractivity contribution in [2.45, 2.75) is 37.1 Å². The number of phenolic OH excluding ortho intramolecular Hbond substituents is 1. The van der Waals surface area contributed by atoms with Gasteiger partial charge in [0.25, 0.3) is 0 Å². The van der Waals surface area contributed by atoms with Crippen LogP contribution in [0.25, 0.3) is 10.9 Å². The maximum atomic E-state index is 14.2. The number of nitriles is 1. The number of aromatic nitrogens is 1. The summed E-state index contributed by atoms with van der Waals surface area (Å²) in [5.74, 6) is -2.13. The Labute approximate surface area is 178 Å². The second kappa shape index (κ2) is 7.24. The average Bonchev–Trinajstić information content (AvgIpc) is 2.71. The molecule has 0 bridgehead atoms. The van der Waals surface area contributed by atoms with Gasteiger partial charge in [-0.2, -0.15) is 18.4 Å². The van der Waals surface area contributed by atoms with Crippen molar-refractivity contribution < 1.29 is 27.8 Å². The summed E-state index contributed by atoms with van der Waals surface area (Å²) in [5.41, 5.74) is -4.01. The molecule has 4 N–H and O–H groups in total. The Balaban J connectivity index is 1.95. The number of alkyl halides is 3. The molecule has 10 heteroatoms. The Kier molecular flexibility index (Phi) is 4.90. The lowest BCUT2D eigenvalue weighted by Crippen LogP contribution is -2.55. The zero-order valence-electron chi connectivity index (χ0n) is 16.6. The number of nitrogens with one attached hydrogen (secondary N) is 2. The predicted octanol–water partition coefficient (Wildman–Crippen LogP) is 4.20. The van der Waals surface area contributed by atoms with Gasteiger partial charge in [0.1, 0.15) is 17.6 Å². The highest BCUT2D eigenvalue weighted by atomic mass is 19.4. The van der Waals surface area contributed by atoms with Crippen LogP contribution < -0.4 is 10.9 Å². The summed E-state index contributed by atoms with van der Waals surface area (Å²) in [7, 11) is 0. The molecule has 32 heavy (non-hydrogen) atoms. The molecule has 0 aliphatic heterocycles. The van der Waals surface area contributed by atoms with E-state index >= 15 is 0 Å². The molecule has 1 aromatic heterocycles. The number of aliphatic hydroxyl groups is 1. The highest BCUT2D eigenvalue weighted by Gasteiger charge is 2.62. The summed E-state index contributed by atoms with van der Waals surface area (Å²) in [4.78, 5) is 13.9. The van der Waals surface area contributed by atoms with Crippen molar-refractivity contribution in [2.75, 3.05) is 5.32 Å². The van der Waals surface area contributed by atoms with Crippen molar-refractivity contribution in [1.29, 1.82) is 5.26 Å². The van der Waals surface area contributed by atoms with E-state index < -0.39 is 47.3 Å². The van der Waals surface area contributed by atoms with Gasteiger partial charge in [0.2, 0.25) is 5.56 Å². The van der Waals surface area contributed by atoms with Crippen LogP contribution in [0.5, 0.6) is 5.75 Å². The lowest BCUT2D eigenvalue weighted by Gasteiger charge is -2.45. The molecule has 0 spiro atoms. The number of rotatable bonds is 2. The molecule has 1 aliphatic carbocycles. The minimum atomic E-state index is -5.05. The van der Waals surface area contributed by atoms with Crippen molar-refractivity contribution >= 4 is 16.6 Å². The van der Waals surface area contributed by atoms with Crippen molar-refractivity contribution in [3.8, 4) is 11.8 Å². The number of fused-ring (bicyclic) bond motifs is 2. The third kappa shape index (κ3) is 3.17. The van der Waals surface area contributed by atoms with Crippen molar-refractivity contribution in [2.24, 2.45) is 0 Å². The lowest BCUT2D eigenvalue weighted by atomic mass is 9.70. The molecular weight excluding hydrogens is 430 g/mol. The quantitative estimate of drug-likeness (QED) is 0.441. The zero-order chi connectivity index (χ0) is 23.4. The Bertz CT molecular complexity index is 1330. The van der Waals surface area contributed by atoms with Crippen LogP contribution in [-0.4, -0.2) is 27.0 Å². The number of anilines is 1. The first-order valence-corrected chi connectivity index (χ1v) is 9.61. The minimum Gasteiger partial charge on any atom is -0.506 e. The second-order valence-corrected chi connectivity index (χ2v) is 7.89. The number of aromatic amines is 1. The number of halogens is 4. The first-order valence-electron chi connectivity index (χ1n) is 9.61. The summed E-state index contributed by atoms with van der Waals surface area (Å²) in [6.07, 6.45) is -5.83. The molecule has 0 saturated heterocycles. The van der Waals surface area contributed by atoms with E-state index in [0.29, 0.717) is 0 Å². The van der Waals surface area contributed by atoms with Crippen LogP contribution in [0.3, 0.4) is 0 Å². The summed E-state index contributed by atoms with van der Waals surface area (Å²) in [6, 6.07) is 6.98. The molecule has 1 aliphatic rings. The fraction of sp³-hybridized carbons (Fsp3) is 0.273. The highest BCUT2D eigenvalue weighted by Crippen LogP contribution is 2.54. The molecule has 2 unspecified atom stereocenters. The topological polar surface area (TPSA) is 109 Å². The van der Waals surface area contributed by atoms with E-state index in [9.17, 15) is 37.8 Å². The van der Waals surface area contributed by atoms with Gasteiger partial charge < -0.3 is 20.5 Å². The molecule has 166 valence electrons. The SMILES string of the molecule is CC1C[C@](O)(C(F)(F)F)C(Nc2ccc(F)c3[nH]c(=O)ccc23)c2ccc(C#N)c(O)c21. The Hall–Kier alpha value is -3.58. The van der Waals surface area contributed by atoms with Crippen LogP contribution in [-0.2, 0) is 0 Å². The number of phenols is 1. The summed E-state index contributed by atoms with van der Waals surface area (Å²) in [6.45, 7) is 1.42. The molecule has 0 fully saturated rings. The highest BCUT2D eigenvalue weighted by molar-refractivity contribution is 5.91. The number of benzene rings is 2. The first kappa shape index (κ1) is 21.6. The van der Waals surface area contributed by atoms with E-state index in [4.69, 9.17) is 0 Å². The molecule has 0 saturated carbocycles. The average molecular weight is 447 g/mol. The van der Waals surface area contributed by atoms with Crippen LogP contribution in [0, 0.1) is 17.1 Å². The largest absolute Gasteiger partial charge is 0.506 e. The summed E-state index contributed by atoms with van der Waals surface area (Å²) in [5, 5.41) is 33.3. The number of nitrogens with zero attached hydrogens (tertiary/aromatic N) is 1. The molecule has 0 radical (unpaired) electrons. The Morgan fingerprint density at radius 3 is 2.59 bits per heavy atom. The third-order valence-corrected chi connectivity index (χ3v) is 5.90. The van der Waals surface area contributed by atoms with Crippen LogP contribution in [0.2, 0.25) is 0 Å². The summed E-state index contributed by atoms with van der Waals surface area (Å²) >= 11 is 0. The van der Waals surface area contributed by atoms with E-state index in [1.165, 1.54) is 31.2 Å². The normalized spacial score (nSPS) is 22.9. The lowest BCUT2D eigenvalue weighted by molar-refractivity contribution is -0.272. The standard InChI is InChI=1S/C22H17F4N3O3/c1-10-8-21(32,22(24,25)26)20(13-3-2-11(9-27)19(31)17(10)13)28-15-6-5-14(23)18-12(15)4-7-16(30)29-18/h2-7,10,20,28,31-32H,8H2,1H3,(H,29,30)/t10?,20?,21-/m1/s1. The van der Waals surface area contributed by atoms with Gasteiger partial charge in [-0.3, -0.25) is 4.79 Å². The molecule has 3 aromatic rings. The zero-order valence-corrected chi connectivity index (χ0v) is 16.6. The van der Waals surface area contributed by atoms with Crippen molar-refractivity contribution in [1.82, 2.24) is 4.98 Å². The predicted molar refractivity (Wildman–Crippen MR) is 108 cm³/mol. The fourth-order valence-corrected chi connectivity index (χ4v) is 4.40. The van der Waals surface area contributed by atoms with Crippen LogP contribution >= 0.6 is 0 Å². The number of hydrogen-bond donors (Lipinski definition) is 4. The van der Waals surface area contributed by atoms with E-state index in [1.54, 1.807) is 6.07 Å². The minimum absolute atomic E-state index is 0.0367. The number of H-pyrrole nitrogens is 1. The van der Waals surface area contributed by atoms with E-state index in [-0.39, 0.29) is 33.3 Å². The molecule has 4 rings (SSSR count). The Morgan fingerprint density at radius 1 is 1.22 bits per heavy atom. The van der Waals surface area contributed by atoms with Crippen LogP contribution in [0.15, 0.2) is 41.2 Å². The molecule has 0 amide bonds. The van der Waals surface area contributed by atoms with Gasteiger partial charge in [0.15, 0.2) is 5.60 Å². The molecule has 6 nitrogen and oxygen atoms in total. The number of hydrogen-bond acceptors (Lipinski definition) is 5. The van der Waals surface area contributed by atoms with E-state index in [2.05, 4.69) is 10.3 Å². The van der Waals surface area contributed by atoms with Gasteiger partial charge in [0, 0.05) is 22.7 Å². The van der Waals surface area contributed by atoms with Crippen LogP contribution in [0.4, 0.5) is 23.2 Å². The maximum absolute atomic E-state index is 14.2. The first-order chi connectivity index (χ1) is 15.0. The number of aromatic hydroxyl groups is 1. The van der Waals surface area contributed by atoms with Gasteiger partial charge in [-0.15, -0.1) is 0 Å². The van der Waals surface area contributed by atoms with Gasteiger partial charge in [-0.1, -0.05) is 13.0 Å². The molecular formula is C22H17F4N3O3. The monoisotopic (exact) mass is 447 g/mol. The third-order valence-electron chi connectivity index (χ3n) is 5.90. The second-order valence-electron chi connectivity index (χ2n) is 7.89. The van der Waals surface area contributed by atoms with Gasteiger partial charge in [0.05, 0.1) is 17.1 Å². The van der Waals surface area contributed by atoms with Gasteiger partial charge in [-0.05, 0) is 42.2 Å². The fourth-order valence-electron chi connectivity index (χ4n) is 4.40. The van der Waals surface area contributed by atoms with Gasteiger partial charge >= 0.3 is 6.18 Å². The van der Waals surface area contributed by atoms with E-state index in [0.717, 1.165) is 12.1 Å². The smallest absolute Gasteiger partial charge is 0.419 e. The number of pyridine rings is 1. The van der Waals surface area contributed by atoms with Gasteiger partial charge in [-0.25, -0.2) is 4.39 Å².